The van der Waals surface area contributed by atoms with Crippen molar-refractivity contribution in [1.82, 2.24) is 5.32 Å². The highest BCUT2D eigenvalue weighted by Crippen LogP contribution is 2.10. The van der Waals surface area contributed by atoms with Crippen molar-refractivity contribution in [2.45, 2.75) is 45.3 Å². The van der Waals surface area contributed by atoms with Gasteiger partial charge in [-0.15, -0.1) is 0 Å². The van der Waals surface area contributed by atoms with Crippen LogP contribution in [-0.4, -0.2) is 23.7 Å². The molecule has 0 saturated heterocycles. The number of nitriles is 1. The van der Waals surface area contributed by atoms with Crippen molar-refractivity contribution in [3.8, 4) is 6.07 Å². The van der Waals surface area contributed by atoms with Gasteiger partial charge in [0.2, 0.25) is 0 Å². The predicted octanol–water partition coefficient (Wildman–Crippen LogP) is 1.13. The Bertz CT molecular complexity index is 567. The first kappa shape index (κ1) is 17.5. The summed E-state index contributed by atoms with van der Waals surface area (Å²) in [5.41, 5.74) is 0.659. The molecular formula is C16H19N2O4-. The number of hydrogen-bond acceptors (Lipinski definition) is 5. The smallest absolute Gasteiger partial charge is 0.407 e. The molecule has 0 unspecified atom stereocenters. The number of carboxylic acid groups (broad SMARTS) is 1. The third kappa shape index (κ3) is 6.75. The quantitative estimate of drug-likeness (QED) is 0.878. The first-order valence-electron chi connectivity index (χ1n) is 6.88. The van der Waals surface area contributed by atoms with Gasteiger partial charge in [0.05, 0.1) is 11.6 Å². The van der Waals surface area contributed by atoms with E-state index in [2.05, 4.69) is 5.32 Å². The lowest BCUT2D eigenvalue weighted by atomic mass is 10.0. The van der Waals surface area contributed by atoms with E-state index in [9.17, 15) is 14.7 Å². The number of carbonyl (C=O) groups is 2. The van der Waals surface area contributed by atoms with Gasteiger partial charge in [0, 0.05) is 18.4 Å². The fourth-order valence-electron chi connectivity index (χ4n) is 1.85. The van der Waals surface area contributed by atoms with Crippen molar-refractivity contribution in [3.05, 3.63) is 35.4 Å². The first-order valence-corrected chi connectivity index (χ1v) is 6.88. The van der Waals surface area contributed by atoms with E-state index in [-0.39, 0.29) is 6.42 Å². The molecule has 1 N–H and O–H groups in total. The number of nitrogens with one attached hydrogen (secondary N) is 1. The third-order valence-corrected chi connectivity index (χ3v) is 2.70. The summed E-state index contributed by atoms with van der Waals surface area (Å²) in [5.74, 6) is -1.25. The van der Waals surface area contributed by atoms with E-state index >= 15 is 0 Å². The Hall–Kier alpha value is -2.55. The lowest BCUT2D eigenvalue weighted by Gasteiger charge is -2.24. The number of rotatable bonds is 5. The van der Waals surface area contributed by atoms with E-state index in [4.69, 9.17) is 10.00 Å². The molecule has 0 spiro atoms. The standard InChI is InChI=1S/C16H20N2O4/c1-16(2,3)22-15(21)18-13(9-14(19)20)8-11-4-6-12(10-17)7-5-11/h4-7,13H,8-9H2,1-3H3,(H,18,21)(H,19,20)/p-1/t13-/m0/s1. The highest BCUT2D eigenvalue weighted by atomic mass is 16.6. The lowest BCUT2D eigenvalue weighted by molar-refractivity contribution is -0.306. The normalized spacial score (nSPS) is 12.1. The van der Waals surface area contributed by atoms with Crippen LogP contribution in [0.15, 0.2) is 24.3 Å². The molecule has 0 aromatic heterocycles. The van der Waals surface area contributed by atoms with Crippen LogP contribution in [0.2, 0.25) is 0 Å². The summed E-state index contributed by atoms with van der Waals surface area (Å²) in [7, 11) is 0. The van der Waals surface area contributed by atoms with Crippen LogP contribution < -0.4 is 10.4 Å². The van der Waals surface area contributed by atoms with Crippen molar-refractivity contribution in [2.75, 3.05) is 0 Å². The van der Waals surface area contributed by atoms with Crippen LogP contribution in [0.5, 0.6) is 0 Å². The van der Waals surface area contributed by atoms with Gasteiger partial charge in [-0.25, -0.2) is 4.79 Å². The number of carbonyl (C=O) groups excluding carboxylic acids is 2. The maximum atomic E-state index is 11.8. The number of alkyl carbamates (subject to hydrolysis) is 1. The average molecular weight is 303 g/mol. The van der Waals surface area contributed by atoms with Crippen LogP contribution in [0.25, 0.3) is 0 Å². The molecular weight excluding hydrogens is 284 g/mol. The molecule has 1 aromatic rings. The largest absolute Gasteiger partial charge is 0.550 e. The first-order chi connectivity index (χ1) is 10.2. The highest BCUT2D eigenvalue weighted by molar-refractivity contribution is 5.70. The summed E-state index contributed by atoms with van der Waals surface area (Å²) in [6.07, 6.45) is -0.689. The number of benzene rings is 1. The maximum absolute atomic E-state index is 11.8. The molecule has 0 aliphatic carbocycles. The van der Waals surface area contributed by atoms with Crippen LogP contribution >= 0.6 is 0 Å². The molecule has 0 heterocycles. The topological polar surface area (TPSA) is 102 Å². The average Bonchev–Trinajstić information content (AvgIpc) is 2.36. The van der Waals surface area contributed by atoms with Gasteiger partial charge < -0.3 is 20.0 Å². The minimum Gasteiger partial charge on any atom is -0.550 e. The molecule has 0 aliphatic rings. The molecule has 0 fully saturated rings. The second-order valence-corrected chi connectivity index (χ2v) is 5.93. The Morgan fingerprint density at radius 2 is 1.91 bits per heavy atom. The van der Waals surface area contributed by atoms with Crippen LogP contribution in [0.3, 0.4) is 0 Å². The highest BCUT2D eigenvalue weighted by Gasteiger charge is 2.20. The number of carboxylic acids is 1. The monoisotopic (exact) mass is 303 g/mol. The van der Waals surface area contributed by atoms with Gasteiger partial charge in [0.25, 0.3) is 0 Å². The minimum absolute atomic E-state index is 0.304. The molecule has 1 rings (SSSR count). The summed E-state index contributed by atoms with van der Waals surface area (Å²) < 4.78 is 5.12. The van der Waals surface area contributed by atoms with Gasteiger partial charge in [-0.05, 0) is 44.9 Å². The van der Waals surface area contributed by atoms with Crippen LogP contribution in [0.4, 0.5) is 4.79 Å². The van der Waals surface area contributed by atoms with E-state index in [0.717, 1.165) is 5.56 Å². The third-order valence-electron chi connectivity index (χ3n) is 2.70. The van der Waals surface area contributed by atoms with Gasteiger partial charge in [0.15, 0.2) is 0 Å². The van der Waals surface area contributed by atoms with Crippen LogP contribution in [-0.2, 0) is 16.0 Å². The Morgan fingerprint density at radius 1 is 1.32 bits per heavy atom. The summed E-state index contributed by atoms with van der Waals surface area (Å²) in [6.45, 7) is 5.17. The van der Waals surface area contributed by atoms with E-state index in [1.54, 1.807) is 45.0 Å². The van der Waals surface area contributed by atoms with E-state index in [0.29, 0.717) is 12.0 Å². The fraction of sp³-hybridized carbons (Fsp3) is 0.438. The van der Waals surface area contributed by atoms with E-state index < -0.39 is 23.7 Å². The van der Waals surface area contributed by atoms with Crippen molar-refractivity contribution in [1.29, 1.82) is 5.26 Å². The summed E-state index contributed by atoms with van der Waals surface area (Å²) in [6, 6.07) is 8.07. The minimum atomic E-state index is -1.25. The SMILES string of the molecule is CC(C)(C)OC(=O)N[C@H](CC(=O)[O-])Cc1ccc(C#N)cc1. The number of nitrogens with zero attached hydrogens (tertiary/aromatic N) is 1. The van der Waals surface area contributed by atoms with Crippen LogP contribution in [0.1, 0.15) is 38.3 Å². The molecule has 6 heteroatoms. The molecule has 22 heavy (non-hydrogen) atoms. The summed E-state index contributed by atoms with van der Waals surface area (Å²) in [5, 5.41) is 22.1. The lowest BCUT2D eigenvalue weighted by Crippen LogP contribution is -2.43. The molecule has 118 valence electrons. The molecule has 6 nitrogen and oxygen atoms in total. The summed E-state index contributed by atoms with van der Waals surface area (Å²) >= 11 is 0. The Kier molecular flexibility index (Phi) is 5.93. The second kappa shape index (κ2) is 7.46. The Labute approximate surface area is 129 Å². The molecule has 0 radical (unpaired) electrons. The number of ether oxygens (including phenoxy) is 1. The zero-order chi connectivity index (χ0) is 16.8. The van der Waals surface area contributed by atoms with Gasteiger partial charge in [0.1, 0.15) is 5.60 Å². The fourth-order valence-corrected chi connectivity index (χ4v) is 1.85. The van der Waals surface area contributed by atoms with Crippen molar-refractivity contribution < 1.29 is 19.4 Å². The number of hydrogen-bond donors (Lipinski definition) is 1. The summed E-state index contributed by atoms with van der Waals surface area (Å²) in [4.78, 5) is 22.6. The second-order valence-electron chi connectivity index (χ2n) is 5.93. The number of aliphatic carboxylic acids is 1. The van der Waals surface area contributed by atoms with Crippen molar-refractivity contribution in [2.24, 2.45) is 0 Å². The van der Waals surface area contributed by atoms with Gasteiger partial charge in [-0.2, -0.15) is 5.26 Å². The Morgan fingerprint density at radius 3 is 2.36 bits per heavy atom. The zero-order valence-corrected chi connectivity index (χ0v) is 12.9. The predicted molar refractivity (Wildman–Crippen MR) is 77.6 cm³/mol. The maximum Gasteiger partial charge on any atom is 0.407 e. The van der Waals surface area contributed by atoms with E-state index in [1.165, 1.54) is 0 Å². The van der Waals surface area contributed by atoms with Crippen LogP contribution in [0, 0.1) is 11.3 Å². The molecule has 0 bridgehead atoms. The van der Waals surface area contributed by atoms with Gasteiger partial charge in [-0.3, -0.25) is 0 Å². The molecule has 1 atom stereocenters. The Balaban J connectivity index is 2.73. The molecule has 1 amide bonds. The molecule has 0 saturated carbocycles. The van der Waals surface area contributed by atoms with Crippen molar-refractivity contribution in [3.63, 3.8) is 0 Å². The van der Waals surface area contributed by atoms with Crippen molar-refractivity contribution >= 4 is 12.1 Å². The molecule has 0 aliphatic heterocycles. The number of amides is 1. The van der Waals surface area contributed by atoms with Gasteiger partial charge in [-0.1, -0.05) is 12.1 Å². The van der Waals surface area contributed by atoms with E-state index in [1.807, 2.05) is 6.07 Å². The molecule has 1 aromatic carbocycles. The van der Waals surface area contributed by atoms with Gasteiger partial charge >= 0.3 is 6.09 Å². The zero-order valence-electron chi connectivity index (χ0n) is 12.9.